The smallest absolute Gasteiger partial charge is 0.317 e. The number of aliphatic carboxylic acids is 1. The summed E-state index contributed by atoms with van der Waals surface area (Å²) in [5, 5.41) is 16.1. The highest BCUT2D eigenvalue weighted by Gasteiger charge is 2.01. The fourth-order valence-corrected chi connectivity index (χ4v) is 0.870. The van der Waals surface area contributed by atoms with Crippen molar-refractivity contribution < 1.29 is 19.8 Å². The summed E-state index contributed by atoms with van der Waals surface area (Å²) in [6.07, 6.45) is 0.212. The molecule has 1 aromatic rings. The Morgan fingerprint density at radius 2 is 1.69 bits per heavy atom. The molecule has 0 fully saturated rings. The molecule has 0 saturated carbocycles. The van der Waals surface area contributed by atoms with E-state index in [4.69, 9.17) is 10.2 Å². The van der Waals surface area contributed by atoms with Gasteiger partial charge in [0.25, 0.3) is 0 Å². The Morgan fingerprint density at radius 1 is 1.19 bits per heavy atom. The van der Waals surface area contributed by atoms with Gasteiger partial charge in [0.1, 0.15) is 0 Å². The van der Waals surface area contributed by atoms with Crippen LogP contribution in [0.15, 0.2) is 30.3 Å². The number of benzene rings is 1. The molecule has 16 heavy (non-hydrogen) atoms. The minimum atomic E-state index is -0.968. The first-order chi connectivity index (χ1) is 7.61. The third-order valence-corrected chi connectivity index (χ3v) is 1.61. The number of aliphatic hydroxyl groups excluding tert-OH is 1. The number of Topliss-reactive ketones (excluding diaryl/α,β-unsaturated/α-hetero) is 1. The molecule has 0 bridgehead atoms. The Kier molecular flexibility index (Phi) is 7.66. The summed E-state index contributed by atoms with van der Waals surface area (Å²) in [6.45, 7) is -0.353. The maximum absolute atomic E-state index is 11.1. The number of nitrogens with two attached hydrogens (primary N) is 1. The molecule has 5 nitrogen and oxygen atoms in total. The lowest BCUT2D eigenvalue weighted by Crippen LogP contribution is -2.10. The largest absolute Gasteiger partial charge is 0.480 e. The van der Waals surface area contributed by atoms with Crippen LogP contribution in [0.2, 0.25) is 0 Å². The van der Waals surface area contributed by atoms with Crippen molar-refractivity contribution >= 4 is 11.8 Å². The van der Waals surface area contributed by atoms with Gasteiger partial charge >= 0.3 is 5.97 Å². The predicted octanol–water partition coefficient (Wildman–Crippen LogP) is 0.281. The number of carboxylic acids is 1. The zero-order valence-electron chi connectivity index (χ0n) is 8.80. The highest BCUT2D eigenvalue weighted by Crippen LogP contribution is 2.01. The van der Waals surface area contributed by atoms with Gasteiger partial charge in [-0.1, -0.05) is 30.3 Å². The lowest BCUT2D eigenvalue weighted by Gasteiger charge is -1.95. The molecule has 0 aliphatic rings. The summed E-state index contributed by atoms with van der Waals surface area (Å²) in [4.78, 5) is 20.3. The van der Waals surface area contributed by atoms with Crippen LogP contribution in [0.4, 0.5) is 0 Å². The van der Waals surface area contributed by atoms with Gasteiger partial charge in [-0.25, -0.2) is 0 Å². The third-order valence-electron chi connectivity index (χ3n) is 1.61. The summed E-state index contributed by atoms with van der Waals surface area (Å²) in [5.41, 5.74) is 5.24. The molecule has 0 aliphatic heterocycles. The Morgan fingerprint density at radius 3 is 2.06 bits per heavy atom. The van der Waals surface area contributed by atoms with Gasteiger partial charge in [0, 0.05) is 12.0 Å². The van der Waals surface area contributed by atoms with Gasteiger partial charge in [0.15, 0.2) is 5.78 Å². The average molecular weight is 225 g/mol. The Bertz CT molecular complexity index is 324. The normalized spacial score (nSPS) is 8.88. The van der Waals surface area contributed by atoms with E-state index in [1.807, 2.05) is 18.2 Å². The monoisotopic (exact) mass is 225 g/mol. The van der Waals surface area contributed by atoms with Crippen LogP contribution in [0.3, 0.4) is 0 Å². The van der Waals surface area contributed by atoms with E-state index in [0.717, 1.165) is 0 Å². The van der Waals surface area contributed by atoms with Crippen molar-refractivity contribution in [3.05, 3.63) is 35.9 Å². The molecule has 0 unspecified atom stereocenters. The molecule has 0 radical (unpaired) electrons. The fraction of sp³-hybridized carbons (Fsp3) is 0.273. The second-order valence-corrected chi connectivity index (χ2v) is 2.86. The molecular formula is C11H15NO4. The van der Waals surface area contributed by atoms with Crippen molar-refractivity contribution in [1.29, 1.82) is 0 Å². The van der Waals surface area contributed by atoms with Crippen molar-refractivity contribution in [3.8, 4) is 0 Å². The molecule has 0 saturated heterocycles. The first kappa shape index (κ1) is 14.3. The summed E-state index contributed by atoms with van der Waals surface area (Å²) >= 11 is 0. The molecular weight excluding hydrogens is 210 g/mol. The molecule has 5 heteroatoms. The van der Waals surface area contributed by atoms with E-state index in [0.29, 0.717) is 5.56 Å². The molecule has 4 N–H and O–H groups in total. The molecule has 1 aromatic carbocycles. The maximum Gasteiger partial charge on any atom is 0.317 e. The molecule has 0 heterocycles. The molecule has 0 amide bonds. The number of aliphatic hydroxyl groups is 1. The average Bonchev–Trinajstić information content (AvgIpc) is 2.31. The van der Waals surface area contributed by atoms with Crippen molar-refractivity contribution in [2.24, 2.45) is 5.73 Å². The second-order valence-electron chi connectivity index (χ2n) is 2.86. The minimum absolute atomic E-state index is 0.00639. The highest BCUT2D eigenvalue weighted by molar-refractivity contribution is 5.95. The molecule has 0 atom stereocenters. The van der Waals surface area contributed by atoms with Crippen LogP contribution >= 0.6 is 0 Å². The first-order valence-electron chi connectivity index (χ1n) is 4.72. The van der Waals surface area contributed by atoms with E-state index in [2.05, 4.69) is 5.73 Å². The number of carbonyl (C=O) groups is 2. The van der Waals surface area contributed by atoms with Crippen molar-refractivity contribution in [2.45, 2.75) is 6.42 Å². The molecule has 0 aliphatic carbocycles. The van der Waals surface area contributed by atoms with Crippen LogP contribution in [0.25, 0.3) is 0 Å². The van der Waals surface area contributed by atoms with E-state index in [1.54, 1.807) is 12.1 Å². The Labute approximate surface area is 93.5 Å². The van der Waals surface area contributed by atoms with E-state index in [1.165, 1.54) is 0 Å². The van der Waals surface area contributed by atoms with Crippen molar-refractivity contribution in [3.63, 3.8) is 0 Å². The maximum atomic E-state index is 11.1. The van der Waals surface area contributed by atoms with Crippen LogP contribution in [0.5, 0.6) is 0 Å². The zero-order valence-corrected chi connectivity index (χ0v) is 8.80. The number of hydrogen-bond donors (Lipinski definition) is 3. The molecule has 1 rings (SSSR count). The zero-order chi connectivity index (χ0) is 12.4. The Balaban J connectivity index is 0.000000385. The molecule has 0 spiro atoms. The SMILES string of the molecule is NCC(=O)O.O=C(CCO)c1ccccc1. The number of hydrogen-bond acceptors (Lipinski definition) is 4. The summed E-state index contributed by atoms with van der Waals surface area (Å²) in [7, 11) is 0. The van der Waals surface area contributed by atoms with Gasteiger partial charge in [-0.15, -0.1) is 0 Å². The second kappa shape index (κ2) is 8.58. The molecule has 0 aromatic heterocycles. The number of carbonyl (C=O) groups excluding carboxylic acids is 1. The summed E-state index contributed by atoms with van der Waals surface area (Å²) in [6, 6.07) is 8.97. The van der Waals surface area contributed by atoms with Crippen LogP contribution in [0, 0.1) is 0 Å². The van der Waals surface area contributed by atoms with Crippen molar-refractivity contribution in [2.75, 3.05) is 13.2 Å². The summed E-state index contributed by atoms with van der Waals surface area (Å²) in [5.74, 6) is -0.974. The number of ketones is 1. The van der Waals surface area contributed by atoms with Gasteiger partial charge in [-0.2, -0.15) is 0 Å². The topological polar surface area (TPSA) is 101 Å². The fourth-order valence-electron chi connectivity index (χ4n) is 0.870. The van der Waals surface area contributed by atoms with E-state index in [9.17, 15) is 9.59 Å². The molecule has 88 valence electrons. The third kappa shape index (κ3) is 6.69. The van der Waals surface area contributed by atoms with E-state index < -0.39 is 5.97 Å². The van der Waals surface area contributed by atoms with Gasteiger partial charge in [0.2, 0.25) is 0 Å². The quantitative estimate of drug-likeness (QED) is 0.639. The lowest BCUT2D eigenvalue weighted by molar-refractivity contribution is -0.135. The minimum Gasteiger partial charge on any atom is -0.480 e. The van der Waals surface area contributed by atoms with E-state index >= 15 is 0 Å². The van der Waals surface area contributed by atoms with Gasteiger partial charge < -0.3 is 15.9 Å². The lowest BCUT2D eigenvalue weighted by atomic mass is 10.1. The van der Waals surface area contributed by atoms with Crippen LogP contribution in [-0.2, 0) is 4.79 Å². The standard InChI is InChI=1S/C9H10O2.C2H5NO2/c10-7-6-9(11)8-4-2-1-3-5-8;3-1-2(4)5/h1-5,10H,6-7H2;1,3H2,(H,4,5). The van der Waals surface area contributed by atoms with Gasteiger partial charge in [-0.05, 0) is 0 Å². The van der Waals surface area contributed by atoms with Crippen molar-refractivity contribution in [1.82, 2.24) is 0 Å². The van der Waals surface area contributed by atoms with Gasteiger partial charge in [0.05, 0.1) is 13.2 Å². The first-order valence-corrected chi connectivity index (χ1v) is 4.72. The van der Waals surface area contributed by atoms with Crippen LogP contribution < -0.4 is 5.73 Å². The van der Waals surface area contributed by atoms with Crippen LogP contribution in [-0.4, -0.2) is 35.1 Å². The Hall–Kier alpha value is -1.72. The summed E-state index contributed by atoms with van der Waals surface area (Å²) < 4.78 is 0. The van der Waals surface area contributed by atoms with E-state index in [-0.39, 0.29) is 25.4 Å². The highest BCUT2D eigenvalue weighted by atomic mass is 16.4. The number of carboxylic acid groups (broad SMARTS) is 1. The number of rotatable bonds is 4. The van der Waals surface area contributed by atoms with Crippen LogP contribution in [0.1, 0.15) is 16.8 Å². The van der Waals surface area contributed by atoms with Gasteiger partial charge in [-0.3, -0.25) is 9.59 Å². The predicted molar refractivity (Wildman–Crippen MR) is 59.2 cm³/mol.